The van der Waals surface area contributed by atoms with Crippen molar-refractivity contribution < 1.29 is 8.42 Å². The first-order valence-electron chi connectivity index (χ1n) is 6.37. The van der Waals surface area contributed by atoms with Gasteiger partial charge in [-0.25, -0.2) is 13.1 Å². The molecule has 4 nitrogen and oxygen atoms in total. The van der Waals surface area contributed by atoms with E-state index in [0.717, 1.165) is 0 Å². The van der Waals surface area contributed by atoms with Crippen LogP contribution in [0.5, 0.6) is 0 Å². The van der Waals surface area contributed by atoms with Crippen molar-refractivity contribution in [2.45, 2.75) is 32.1 Å². The van der Waals surface area contributed by atoms with Gasteiger partial charge >= 0.3 is 0 Å². The van der Waals surface area contributed by atoms with Crippen LogP contribution in [0.2, 0.25) is 10.0 Å². The number of benzene rings is 1. The Labute approximate surface area is 130 Å². The van der Waals surface area contributed by atoms with Gasteiger partial charge in [-0.3, -0.25) is 0 Å². The van der Waals surface area contributed by atoms with E-state index in [1.807, 2.05) is 13.8 Å². The third-order valence-electron chi connectivity index (χ3n) is 2.67. The molecule has 1 aromatic carbocycles. The van der Waals surface area contributed by atoms with Crippen molar-refractivity contribution in [1.29, 1.82) is 0 Å². The quantitative estimate of drug-likeness (QED) is 0.802. The van der Waals surface area contributed by atoms with Gasteiger partial charge < -0.3 is 5.73 Å². The summed E-state index contributed by atoms with van der Waals surface area (Å²) >= 11 is 11.7. The lowest BCUT2D eigenvalue weighted by molar-refractivity contribution is 0.465. The van der Waals surface area contributed by atoms with Crippen molar-refractivity contribution in [3.63, 3.8) is 0 Å². The van der Waals surface area contributed by atoms with Gasteiger partial charge in [0, 0.05) is 22.6 Å². The number of hydrogen-bond donors (Lipinski definition) is 2. The lowest BCUT2D eigenvalue weighted by Gasteiger charge is -2.18. The van der Waals surface area contributed by atoms with Crippen LogP contribution in [0.25, 0.3) is 0 Å². The van der Waals surface area contributed by atoms with E-state index < -0.39 is 10.0 Å². The lowest BCUT2D eigenvalue weighted by Crippen LogP contribution is -2.41. The molecule has 7 heteroatoms. The first kappa shape index (κ1) is 17.7. The van der Waals surface area contributed by atoms with E-state index in [1.54, 1.807) is 18.2 Å². The molecule has 114 valence electrons. The molecule has 0 aliphatic rings. The topological polar surface area (TPSA) is 72.2 Å². The van der Waals surface area contributed by atoms with Gasteiger partial charge in [0.25, 0.3) is 0 Å². The van der Waals surface area contributed by atoms with E-state index in [4.69, 9.17) is 28.9 Å². The number of halogens is 2. The van der Waals surface area contributed by atoms with Gasteiger partial charge in [-0.2, -0.15) is 0 Å². The average Bonchev–Trinajstić information content (AvgIpc) is 2.24. The van der Waals surface area contributed by atoms with E-state index >= 15 is 0 Å². The summed E-state index contributed by atoms with van der Waals surface area (Å²) < 4.78 is 26.9. The van der Waals surface area contributed by atoms with Gasteiger partial charge in [0.15, 0.2) is 0 Å². The number of hydrogen-bond acceptors (Lipinski definition) is 3. The molecular weight excluding hydrogens is 319 g/mol. The maximum absolute atomic E-state index is 12.1. The average molecular weight is 339 g/mol. The van der Waals surface area contributed by atoms with E-state index in [2.05, 4.69) is 4.72 Å². The predicted molar refractivity (Wildman–Crippen MR) is 84.5 cm³/mol. The zero-order valence-electron chi connectivity index (χ0n) is 11.6. The minimum absolute atomic E-state index is 0.165. The van der Waals surface area contributed by atoms with Gasteiger partial charge in [-0.15, -0.1) is 0 Å². The fourth-order valence-electron chi connectivity index (χ4n) is 1.97. The molecular formula is C13H20Cl2N2O2S. The third kappa shape index (κ3) is 6.41. The first-order chi connectivity index (χ1) is 9.21. The van der Waals surface area contributed by atoms with Crippen molar-refractivity contribution in [3.05, 3.63) is 33.8 Å². The van der Waals surface area contributed by atoms with E-state index in [1.165, 1.54) is 0 Å². The molecule has 1 atom stereocenters. The molecule has 0 fully saturated rings. The molecule has 0 saturated carbocycles. The second-order valence-electron chi connectivity index (χ2n) is 5.22. The molecule has 0 aliphatic heterocycles. The maximum atomic E-state index is 12.1. The number of nitrogens with one attached hydrogen (secondary N) is 1. The highest BCUT2D eigenvalue weighted by Crippen LogP contribution is 2.20. The smallest absolute Gasteiger partial charge is 0.216 e. The van der Waals surface area contributed by atoms with Crippen LogP contribution in [0.15, 0.2) is 18.2 Å². The van der Waals surface area contributed by atoms with Crippen LogP contribution in [0.4, 0.5) is 0 Å². The molecule has 0 amide bonds. The summed E-state index contributed by atoms with van der Waals surface area (Å²) in [5.41, 5.74) is 6.15. The highest BCUT2D eigenvalue weighted by molar-refractivity contribution is 7.88. The molecule has 20 heavy (non-hydrogen) atoms. The van der Waals surface area contributed by atoms with E-state index in [9.17, 15) is 8.42 Å². The molecule has 0 aromatic heterocycles. The Bertz CT molecular complexity index is 527. The summed E-state index contributed by atoms with van der Waals surface area (Å²) in [6.45, 7) is 4.31. The fraction of sp³-hybridized carbons (Fsp3) is 0.538. The fourth-order valence-corrected chi connectivity index (χ4v) is 3.93. The summed E-state index contributed by atoms with van der Waals surface area (Å²) in [6, 6.07) is 4.49. The molecule has 0 spiro atoms. The van der Waals surface area contributed by atoms with Crippen molar-refractivity contribution in [2.75, 3.05) is 6.54 Å². The minimum atomic E-state index is -3.47. The molecule has 1 aromatic rings. The van der Waals surface area contributed by atoms with Crippen LogP contribution in [-0.4, -0.2) is 21.0 Å². The molecule has 1 unspecified atom stereocenters. The molecule has 3 N–H and O–H groups in total. The second-order valence-corrected chi connectivity index (χ2v) is 7.84. The third-order valence-corrected chi connectivity index (χ3v) is 4.51. The molecule has 1 rings (SSSR count). The van der Waals surface area contributed by atoms with Crippen LogP contribution >= 0.6 is 23.2 Å². The maximum Gasteiger partial charge on any atom is 0.216 e. The monoisotopic (exact) mass is 338 g/mol. The van der Waals surface area contributed by atoms with Crippen molar-refractivity contribution in [3.8, 4) is 0 Å². The summed E-state index contributed by atoms with van der Waals surface area (Å²) in [5.74, 6) is 0.203. The zero-order valence-corrected chi connectivity index (χ0v) is 13.9. The van der Waals surface area contributed by atoms with Crippen LogP contribution in [-0.2, 0) is 15.8 Å². The number of nitrogens with two attached hydrogens (primary N) is 1. The minimum Gasteiger partial charge on any atom is -0.329 e. The van der Waals surface area contributed by atoms with Gasteiger partial charge in [-0.1, -0.05) is 37.0 Å². The first-order valence-corrected chi connectivity index (χ1v) is 8.77. The Morgan fingerprint density at radius 3 is 2.20 bits per heavy atom. The molecule has 0 radical (unpaired) electrons. The molecule has 0 saturated heterocycles. The summed E-state index contributed by atoms with van der Waals surface area (Å²) in [4.78, 5) is 0. The number of rotatable bonds is 7. The van der Waals surface area contributed by atoms with Crippen LogP contribution < -0.4 is 10.5 Å². The highest BCUT2D eigenvalue weighted by Gasteiger charge is 2.18. The van der Waals surface area contributed by atoms with Crippen molar-refractivity contribution >= 4 is 33.2 Å². The molecule has 0 heterocycles. The standard InChI is InChI=1S/C13H20Cl2N2O2S/c1-9(2)3-13(7-16)17-20(18,19)8-10-4-11(14)6-12(15)5-10/h4-6,9,13,17H,3,7-8,16H2,1-2H3. The lowest BCUT2D eigenvalue weighted by atomic mass is 10.1. The van der Waals surface area contributed by atoms with Gasteiger partial charge in [-0.05, 0) is 36.1 Å². The Balaban J connectivity index is 2.78. The van der Waals surface area contributed by atoms with Gasteiger partial charge in [0.1, 0.15) is 0 Å². The Morgan fingerprint density at radius 1 is 1.20 bits per heavy atom. The summed E-state index contributed by atoms with van der Waals surface area (Å²) in [7, 11) is -3.47. The van der Waals surface area contributed by atoms with E-state index in [-0.39, 0.29) is 18.3 Å². The summed E-state index contributed by atoms with van der Waals surface area (Å²) in [5, 5.41) is 0.834. The van der Waals surface area contributed by atoms with E-state index in [0.29, 0.717) is 27.9 Å². The van der Waals surface area contributed by atoms with Gasteiger partial charge in [0.2, 0.25) is 10.0 Å². The van der Waals surface area contributed by atoms with Gasteiger partial charge in [0.05, 0.1) is 5.75 Å². The molecule has 0 bridgehead atoms. The zero-order chi connectivity index (χ0) is 15.3. The molecule has 0 aliphatic carbocycles. The second kappa shape index (κ2) is 7.61. The largest absolute Gasteiger partial charge is 0.329 e. The van der Waals surface area contributed by atoms with Crippen LogP contribution in [0.1, 0.15) is 25.8 Å². The summed E-state index contributed by atoms with van der Waals surface area (Å²) in [6.07, 6.45) is 0.700. The van der Waals surface area contributed by atoms with Crippen molar-refractivity contribution in [1.82, 2.24) is 4.72 Å². The Hall–Kier alpha value is -0.330. The SMILES string of the molecule is CC(C)CC(CN)NS(=O)(=O)Cc1cc(Cl)cc(Cl)c1. The van der Waals surface area contributed by atoms with Crippen LogP contribution in [0.3, 0.4) is 0 Å². The van der Waals surface area contributed by atoms with Crippen molar-refractivity contribution in [2.24, 2.45) is 11.7 Å². The predicted octanol–water partition coefficient (Wildman–Crippen LogP) is 2.79. The Kier molecular flexibility index (Phi) is 6.75. The highest BCUT2D eigenvalue weighted by atomic mass is 35.5. The number of sulfonamides is 1. The normalized spacial score (nSPS) is 13.7. The Morgan fingerprint density at radius 2 is 1.75 bits per heavy atom. The van der Waals surface area contributed by atoms with Crippen LogP contribution in [0, 0.1) is 5.92 Å².